The molecule has 0 radical (unpaired) electrons. The SMILES string of the molecule is CC(C)(C)OC(=O)NCCN1CCN(C2C(C=O)c3ccccc3N2c2ccccc2)CC1.O=Cc1c(N2CCN(CC3CO3)CC2)n(-c2ccccc2)c2ccccc12. The lowest BCUT2D eigenvalue weighted by molar-refractivity contribution is -0.110. The summed E-state index contributed by atoms with van der Waals surface area (Å²) in [5, 5.41) is 3.85. The molecule has 60 heavy (non-hydrogen) atoms. The average molecular weight is 812 g/mol. The van der Waals surface area contributed by atoms with Gasteiger partial charge in [-0.15, -0.1) is 0 Å². The zero-order valence-electron chi connectivity index (χ0n) is 35.0. The molecular weight excluding hydrogens is 755 g/mol. The van der Waals surface area contributed by atoms with E-state index in [1.807, 2.05) is 87.5 Å². The molecule has 12 heteroatoms. The highest BCUT2D eigenvalue weighted by Gasteiger charge is 2.43. The lowest BCUT2D eigenvalue weighted by atomic mass is 9.99. The smallest absolute Gasteiger partial charge is 0.407 e. The number of hydrogen-bond acceptors (Lipinski definition) is 10. The molecule has 1 amide bonds. The van der Waals surface area contributed by atoms with Crippen LogP contribution in [-0.4, -0.2) is 134 Å². The molecular formula is C48H57N7O5. The highest BCUT2D eigenvalue weighted by Crippen LogP contribution is 2.45. The van der Waals surface area contributed by atoms with E-state index in [9.17, 15) is 14.4 Å². The maximum Gasteiger partial charge on any atom is 0.407 e. The highest BCUT2D eigenvalue weighted by atomic mass is 16.6. The average Bonchev–Trinajstić information content (AvgIpc) is 3.93. The first-order valence-electron chi connectivity index (χ1n) is 21.3. The number of anilines is 3. The fourth-order valence-electron chi connectivity index (χ4n) is 8.87. The largest absolute Gasteiger partial charge is 0.444 e. The predicted molar refractivity (Wildman–Crippen MR) is 237 cm³/mol. The number of aromatic nitrogens is 1. The first-order chi connectivity index (χ1) is 29.2. The van der Waals surface area contributed by atoms with Crippen LogP contribution in [0.2, 0.25) is 0 Å². The van der Waals surface area contributed by atoms with Crippen LogP contribution in [-0.2, 0) is 14.3 Å². The number of nitrogens with one attached hydrogen (secondary N) is 1. The molecule has 314 valence electrons. The van der Waals surface area contributed by atoms with Gasteiger partial charge in [-0.3, -0.25) is 24.1 Å². The Morgan fingerprint density at radius 1 is 0.767 bits per heavy atom. The summed E-state index contributed by atoms with van der Waals surface area (Å²) in [6.45, 7) is 16.1. The quantitative estimate of drug-likeness (QED) is 0.117. The zero-order valence-corrected chi connectivity index (χ0v) is 35.0. The van der Waals surface area contributed by atoms with E-state index in [0.29, 0.717) is 12.6 Å². The number of carbonyl (C=O) groups excluding carboxylic acids is 3. The molecule has 4 aromatic carbocycles. The first kappa shape index (κ1) is 41.2. The van der Waals surface area contributed by atoms with Crippen molar-refractivity contribution in [3.63, 3.8) is 0 Å². The number of ether oxygens (including phenoxy) is 2. The molecule has 5 aromatic rings. The minimum atomic E-state index is -0.492. The number of aldehydes is 2. The monoisotopic (exact) mass is 811 g/mol. The lowest BCUT2D eigenvalue weighted by Gasteiger charge is -2.43. The van der Waals surface area contributed by atoms with Crippen molar-refractivity contribution in [2.24, 2.45) is 0 Å². The Balaban J connectivity index is 0.000000169. The van der Waals surface area contributed by atoms with Crippen LogP contribution < -0.4 is 15.1 Å². The fourth-order valence-corrected chi connectivity index (χ4v) is 8.87. The second-order valence-corrected chi connectivity index (χ2v) is 16.9. The van der Waals surface area contributed by atoms with Crippen molar-refractivity contribution in [3.05, 3.63) is 120 Å². The van der Waals surface area contributed by atoms with E-state index in [1.54, 1.807) is 0 Å². The van der Waals surface area contributed by atoms with Gasteiger partial charge in [0.2, 0.25) is 0 Å². The third kappa shape index (κ3) is 9.27. The molecule has 9 rings (SSSR count). The highest BCUT2D eigenvalue weighted by molar-refractivity contribution is 6.05. The minimum Gasteiger partial charge on any atom is -0.444 e. The van der Waals surface area contributed by atoms with Crippen molar-refractivity contribution < 1.29 is 23.9 Å². The second-order valence-electron chi connectivity index (χ2n) is 16.9. The Kier molecular flexibility index (Phi) is 12.6. The summed E-state index contributed by atoms with van der Waals surface area (Å²) in [6.07, 6.45) is 2.13. The van der Waals surface area contributed by atoms with Gasteiger partial charge < -0.3 is 29.4 Å². The third-order valence-corrected chi connectivity index (χ3v) is 11.8. The van der Waals surface area contributed by atoms with Crippen LogP contribution in [0.3, 0.4) is 0 Å². The van der Waals surface area contributed by atoms with Crippen molar-refractivity contribution >= 4 is 46.8 Å². The molecule has 0 bridgehead atoms. The van der Waals surface area contributed by atoms with Crippen molar-refractivity contribution in [2.75, 3.05) is 88.4 Å². The first-order valence-corrected chi connectivity index (χ1v) is 21.3. The predicted octanol–water partition coefficient (Wildman–Crippen LogP) is 6.55. The fraction of sp³-hybridized carbons (Fsp3) is 0.396. The van der Waals surface area contributed by atoms with Crippen LogP contribution in [0.15, 0.2) is 109 Å². The number of hydrogen-bond donors (Lipinski definition) is 1. The zero-order chi connectivity index (χ0) is 41.6. The second kappa shape index (κ2) is 18.4. The summed E-state index contributed by atoms with van der Waals surface area (Å²) in [6, 6.07) is 37.0. The van der Waals surface area contributed by atoms with Crippen LogP contribution in [0, 0.1) is 0 Å². The van der Waals surface area contributed by atoms with Gasteiger partial charge in [-0.05, 0) is 62.7 Å². The minimum absolute atomic E-state index is 0.0376. The van der Waals surface area contributed by atoms with Gasteiger partial charge in [0.1, 0.15) is 23.9 Å². The summed E-state index contributed by atoms with van der Waals surface area (Å²) in [4.78, 5) is 48.1. The van der Waals surface area contributed by atoms with Crippen LogP contribution in [0.1, 0.15) is 42.6 Å². The number of para-hydroxylation sites is 4. The summed E-state index contributed by atoms with van der Waals surface area (Å²) >= 11 is 0. The lowest BCUT2D eigenvalue weighted by Crippen LogP contribution is -2.56. The normalized spacial score (nSPS) is 20.9. The van der Waals surface area contributed by atoms with E-state index in [1.165, 1.54) is 0 Å². The Labute approximate surface area is 353 Å². The van der Waals surface area contributed by atoms with Crippen LogP contribution in [0.25, 0.3) is 16.6 Å². The van der Waals surface area contributed by atoms with Gasteiger partial charge in [0, 0.05) is 94.4 Å². The van der Waals surface area contributed by atoms with E-state index >= 15 is 0 Å². The van der Waals surface area contributed by atoms with Gasteiger partial charge in [-0.2, -0.15) is 0 Å². The molecule has 5 heterocycles. The topological polar surface area (TPSA) is 106 Å². The molecule has 12 nitrogen and oxygen atoms in total. The maximum atomic E-state index is 12.3. The Morgan fingerprint density at radius 3 is 2.03 bits per heavy atom. The number of rotatable bonds is 11. The third-order valence-electron chi connectivity index (χ3n) is 11.8. The number of benzene rings is 4. The molecule has 3 fully saturated rings. The van der Waals surface area contributed by atoms with Gasteiger partial charge in [-0.25, -0.2) is 4.79 Å². The molecule has 3 atom stereocenters. The molecule has 0 saturated carbocycles. The van der Waals surface area contributed by atoms with E-state index in [2.05, 4.69) is 76.8 Å². The molecule has 4 aliphatic rings. The molecule has 3 unspecified atom stereocenters. The number of alkyl carbamates (subject to hydrolysis) is 1. The van der Waals surface area contributed by atoms with Crippen molar-refractivity contribution in [2.45, 2.75) is 44.6 Å². The van der Waals surface area contributed by atoms with Gasteiger partial charge in [0.05, 0.1) is 29.7 Å². The molecule has 0 aliphatic carbocycles. The number of nitrogens with zero attached hydrogens (tertiary/aromatic N) is 6. The summed E-state index contributed by atoms with van der Waals surface area (Å²) < 4.78 is 12.9. The van der Waals surface area contributed by atoms with Crippen molar-refractivity contribution in [3.8, 4) is 5.69 Å². The summed E-state index contributed by atoms with van der Waals surface area (Å²) in [7, 11) is 0. The number of fused-ring (bicyclic) bond motifs is 2. The number of carbonyl (C=O) groups is 3. The van der Waals surface area contributed by atoms with Gasteiger partial charge in [0.25, 0.3) is 0 Å². The Morgan fingerprint density at radius 2 is 1.38 bits per heavy atom. The van der Waals surface area contributed by atoms with Crippen LogP contribution in [0.5, 0.6) is 0 Å². The van der Waals surface area contributed by atoms with Crippen molar-refractivity contribution in [1.82, 2.24) is 24.6 Å². The number of amides is 1. The Hall–Kier alpha value is -5.53. The van der Waals surface area contributed by atoms with Crippen LogP contribution >= 0.6 is 0 Å². The standard InChI is InChI=1S/C26H34N4O3.C22H23N3O2/c1-26(2,3)33-25(32)27-13-14-28-15-17-29(18-16-28)24-22(19-31)21-11-7-8-12-23(21)30(24)20-9-5-4-6-10-20;26-15-20-19-8-4-5-9-21(19)25(17-6-2-1-3-7-17)22(20)24-12-10-23(11-13-24)14-18-16-27-18/h4-12,19,22,24H,13-18H2,1-3H3,(H,27,32);1-9,15,18H,10-14,16H2. The summed E-state index contributed by atoms with van der Waals surface area (Å²) in [5.74, 6) is 0.821. The number of piperazine rings is 2. The Bertz CT molecular complexity index is 2220. The van der Waals surface area contributed by atoms with Crippen LogP contribution in [0.4, 0.5) is 22.0 Å². The molecule has 1 N–H and O–H groups in total. The maximum absolute atomic E-state index is 12.3. The van der Waals surface area contributed by atoms with Gasteiger partial charge in [-0.1, -0.05) is 72.8 Å². The molecule has 4 aliphatic heterocycles. The van der Waals surface area contributed by atoms with Gasteiger partial charge in [0.15, 0.2) is 6.29 Å². The molecule has 1 aromatic heterocycles. The molecule has 0 spiro atoms. The van der Waals surface area contributed by atoms with E-state index in [-0.39, 0.29) is 18.2 Å². The van der Waals surface area contributed by atoms with Crippen molar-refractivity contribution in [1.29, 1.82) is 0 Å². The number of epoxide rings is 1. The van der Waals surface area contributed by atoms with E-state index < -0.39 is 5.60 Å². The van der Waals surface area contributed by atoms with E-state index in [0.717, 1.165) is 130 Å². The van der Waals surface area contributed by atoms with E-state index in [4.69, 9.17) is 9.47 Å². The van der Waals surface area contributed by atoms with Gasteiger partial charge >= 0.3 is 6.09 Å². The summed E-state index contributed by atoms with van der Waals surface area (Å²) in [5.41, 5.74) is 5.76. The molecule has 3 saturated heterocycles.